The molecule has 2 heterocycles. The Bertz CT molecular complexity index is 1550. The zero-order valence-electron chi connectivity index (χ0n) is 21.5. The first-order valence-electron chi connectivity index (χ1n) is 12.4. The van der Waals surface area contributed by atoms with Crippen molar-refractivity contribution in [2.75, 3.05) is 23.3 Å². The van der Waals surface area contributed by atoms with Crippen molar-refractivity contribution in [3.05, 3.63) is 77.9 Å². The second kappa shape index (κ2) is 11.9. The van der Waals surface area contributed by atoms with E-state index in [4.69, 9.17) is 10.8 Å². The number of aromatic carboxylic acids is 1. The summed E-state index contributed by atoms with van der Waals surface area (Å²) >= 11 is 0. The van der Waals surface area contributed by atoms with Crippen LogP contribution in [0.2, 0.25) is 0 Å². The number of nitrogens with one attached hydrogen (secondary N) is 2. The van der Waals surface area contributed by atoms with Crippen molar-refractivity contribution < 1.29 is 37.4 Å². The Morgan fingerprint density at radius 1 is 1.02 bits per heavy atom. The highest BCUT2D eigenvalue weighted by atomic mass is 32.2. The number of carbonyl (C=O) groups excluding carboxylic acids is 1. The van der Waals surface area contributed by atoms with Crippen LogP contribution in [0.25, 0.3) is 0 Å². The number of carbonyl (C=O) groups is 3. The van der Waals surface area contributed by atoms with E-state index < -0.39 is 49.8 Å². The Labute approximate surface area is 234 Å². The van der Waals surface area contributed by atoms with Crippen LogP contribution in [0.3, 0.4) is 0 Å². The standard InChI is InChI=1S/C26H27FN6O7S/c27-20-14-17(4-7-21(20)33-12-8-18(9-13-33)31-25-29-10-1-11-30-25)23(36)32-26(28,15-22(34)35)41(39,40)19-5-2-16(3-6-19)24(37)38/h1-7,10-11,14,18H,8-9,12-13,15,28H2,(H,32,36)(H,34,35)(H,37,38)(H,29,30,31). The number of nitrogens with two attached hydrogens (primary N) is 1. The lowest BCUT2D eigenvalue weighted by Crippen LogP contribution is -2.62. The zero-order valence-corrected chi connectivity index (χ0v) is 22.3. The number of piperidine rings is 1. The number of sulfone groups is 1. The van der Waals surface area contributed by atoms with E-state index in [0.29, 0.717) is 31.9 Å². The van der Waals surface area contributed by atoms with E-state index in [0.717, 1.165) is 30.3 Å². The number of anilines is 2. The van der Waals surface area contributed by atoms with Gasteiger partial charge in [0.2, 0.25) is 20.8 Å². The van der Waals surface area contributed by atoms with Crippen LogP contribution < -0.4 is 21.3 Å². The zero-order chi connectivity index (χ0) is 29.8. The lowest BCUT2D eigenvalue weighted by Gasteiger charge is -2.34. The summed E-state index contributed by atoms with van der Waals surface area (Å²) in [5, 5.41) is 23.6. The van der Waals surface area contributed by atoms with Crippen molar-refractivity contribution in [3.8, 4) is 0 Å². The number of amides is 1. The SMILES string of the molecule is NC(CC(=O)O)(NC(=O)c1ccc(N2CCC(Nc3ncccn3)CC2)c(F)c1)S(=O)(=O)c1ccc(C(=O)O)cc1. The topological polar surface area (TPSA) is 205 Å². The molecule has 0 saturated carbocycles. The third-order valence-electron chi connectivity index (χ3n) is 6.57. The van der Waals surface area contributed by atoms with Gasteiger partial charge in [-0.15, -0.1) is 0 Å². The average molecular weight is 587 g/mol. The molecule has 1 fully saturated rings. The van der Waals surface area contributed by atoms with Crippen molar-refractivity contribution in [1.29, 1.82) is 0 Å². The molecular formula is C26H27FN6O7S. The number of halogens is 1. The lowest BCUT2D eigenvalue weighted by atomic mass is 10.0. The van der Waals surface area contributed by atoms with E-state index in [-0.39, 0.29) is 22.9 Å². The van der Waals surface area contributed by atoms with Gasteiger partial charge in [-0.05, 0) is 61.4 Å². The summed E-state index contributed by atoms with van der Waals surface area (Å²) in [6, 6.07) is 9.27. The fourth-order valence-corrected chi connectivity index (χ4v) is 5.86. The highest BCUT2D eigenvalue weighted by Crippen LogP contribution is 2.27. The second-order valence-electron chi connectivity index (χ2n) is 9.39. The van der Waals surface area contributed by atoms with Gasteiger partial charge in [0.15, 0.2) is 0 Å². The number of carboxylic acid groups (broad SMARTS) is 2. The fraction of sp³-hybridized carbons (Fsp3) is 0.269. The third kappa shape index (κ3) is 6.58. The summed E-state index contributed by atoms with van der Waals surface area (Å²) < 4.78 is 41.7. The second-order valence-corrected chi connectivity index (χ2v) is 11.6. The molecule has 3 aromatic rings. The number of aliphatic carboxylic acids is 1. The van der Waals surface area contributed by atoms with E-state index in [2.05, 4.69) is 15.3 Å². The predicted molar refractivity (Wildman–Crippen MR) is 145 cm³/mol. The van der Waals surface area contributed by atoms with Crippen LogP contribution in [0, 0.1) is 5.82 Å². The molecule has 1 atom stereocenters. The third-order valence-corrected chi connectivity index (χ3v) is 8.67. The van der Waals surface area contributed by atoms with Gasteiger partial charge in [-0.2, -0.15) is 0 Å². The lowest BCUT2D eigenvalue weighted by molar-refractivity contribution is -0.137. The number of hydrogen-bond acceptors (Lipinski definition) is 10. The Kier molecular flexibility index (Phi) is 8.49. The van der Waals surface area contributed by atoms with Crippen LogP contribution in [-0.2, 0) is 14.6 Å². The number of hydrogen-bond donors (Lipinski definition) is 5. The summed E-state index contributed by atoms with van der Waals surface area (Å²) in [5.41, 5.74) is 5.72. The van der Waals surface area contributed by atoms with Gasteiger partial charge in [0.25, 0.3) is 5.91 Å². The number of carboxylic acids is 2. The van der Waals surface area contributed by atoms with E-state index in [9.17, 15) is 27.9 Å². The van der Waals surface area contributed by atoms with Crippen LogP contribution in [-0.4, -0.2) is 70.6 Å². The fourth-order valence-electron chi connectivity index (χ4n) is 4.41. The van der Waals surface area contributed by atoms with Crippen molar-refractivity contribution >= 4 is 39.3 Å². The minimum Gasteiger partial charge on any atom is -0.481 e. The summed E-state index contributed by atoms with van der Waals surface area (Å²) in [6.07, 6.45) is 3.38. The minimum atomic E-state index is -4.75. The van der Waals surface area contributed by atoms with Gasteiger partial charge in [-0.25, -0.2) is 27.6 Å². The first-order valence-corrected chi connectivity index (χ1v) is 13.9. The Morgan fingerprint density at radius 2 is 1.63 bits per heavy atom. The average Bonchev–Trinajstić information content (AvgIpc) is 2.93. The van der Waals surface area contributed by atoms with E-state index >= 15 is 4.39 Å². The highest BCUT2D eigenvalue weighted by molar-refractivity contribution is 7.92. The first kappa shape index (κ1) is 29.4. The van der Waals surface area contributed by atoms with Crippen LogP contribution in [0.4, 0.5) is 16.0 Å². The van der Waals surface area contributed by atoms with Gasteiger partial charge in [0, 0.05) is 37.1 Å². The Morgan fingerprint density at radius 3 is 2.20 bits per heavy atom. The van der Waals surface area contributed by atoms with E-state index in [1.807, 2.05) is 10.2 Å². The number of rotatable bonds is 10. The molecule has 15 heteroatoms. The quantitative estimate of drug-likeness (QED) is 0.215. The van der Waals surface area contributed by atoms with Crippen molar-refractivity contribution in [3.63, 3.8) is 0 Å². The molecule has 6 N–H and O–H groups in total. The van der Waals surface area contributed by atoms with Gasteiger partial charge in [0.05, 0.1) is 22.6 Å². The van der Waals surface area contributed by atoms with Crippen LogP contribution >= 0.6 is 0 Å². The molecule has 2 aromatic carbocycles. The maximum Gasteiger partial charge on any atom is 0.335 e. The molecule has 1 aromatic heterocycles. The molecule has 0 aliphatic carbocycles. The molecule has 0 spiro atoms. The number of nitrogens with zero attached hydrogens (tertiary/aromatic N) is 3. The van der Waals surface area contributed by atoms with E-state index in [1.54, 1.807) is 18.5 Å². The molecule has 1 aliphatic rings. The molecule has 1 aliphatic heterocycles. The summed E-state index contributed by atoms with van der Waals surface area (Å²) in [4.78, 5) is 42.3. The molecule has 1 unspecified atom stereocenters. The first-order chi connectivity index (χ1) is 19.4. The molecule has 0 bridgehead atoms. The minimum absolute atomic E-state index is 0.0935. The monoisotopic (exact) mass is 586 g/mol. The van der Waals surface area contributed by atoms with Gasteiger partial charge in [-0.1, -0.05) is 0 Å². The highest BCUT2D eigenvalue weighted by Gasteiger charge is 2.45. The number of aromatic nitrogens is 2. The van der Waals surface area contributed by atoms with Crippen LogP contribution in [0.1, 0.15) is 40.0 Å². The van der Waals surface area contributed by atoms with Crippen LogP contribution in [0.15, 0.2) is 65.8 Å². The summed E-state index contributed by atoms with van der Waals surface area (Å²) in [5.74, 6) is -4.28. The number of benzene rings is 2. The van der Waals surface area contributed by atoms with Gasteiger partial charge in [0.1, 0.15) is 5.82 Å². The molecule has 1 saturated heterocycles. The Hall–Kier alpha value is -4.63. The van der Waals surface area contributed by atoms with Crippen molar-refractivity contribution in [2.45, 2.75) is 35.2 Å². The molecule has 216 valence electrons. The largest absolute Gasteiger partial charge is 0.481 e. The molecule has 41 heavy (non-hydrogen) atoms. The smallest absolute Gasteiger partial charge is 0.335 e. The normalized spacial score (nSPS) is 15.5. The van der Waals surface area contributed by atoms with Gasteiger partial charge < -0.3 is 25.7 Å². The molecule has 4 rings (SSSR count). The van der Waals surface area contributed by atoms with Crippen molar-refractivity contribution in [2.24, 2.45) is 5.73 Å². The summed E-state index contributed by atoms with van der Waals surface area (Å²) in [6.45, 7) is 1.02. The van der Waals surface area contributed by atoms with Gasteiger partial charge in [-0.3, -0.25) is 15.3 Å². The van der Waals surface area contributed by atoms with Gasteiger partial charge >= 0.3 is 11.9 Å². The van der Waals surface area contributed by atoms with E-state index in [1.165, 1.54) is 12.1 Å². The molecule has 13 nitrogen and oxygen atoms in total. The van der Waals surface area contributed by atoms with Crippen LogP contribution in [0.5, 0.6) is 0 Å². The molecular weight excluding hydrogens is 559 g/mol. The molecule has 1 amide bonds. The maximum absolute atomic E-state index is 15.1. The molecule has 0 radical (unpaired) electrons. The summed E-state index contributed by atoms with van der Waals surface area (Å²) in [7, 11) is -4.75. The Balaban J connectivity index is 1.48. The van der Waals surface area contributed by atoms with Crippen molar-refractivity contribution in [1.82, 2.24) is 15.3 Å². The predicted octanol–water partition coefficient (Wildman–Crippen LogP) is 1.69. The maximum atomic E-state index is 15.1.